The van der Waals surface area contributed by atoms with E-state index in [1.807, 2.05) is 36.0 Å². The number of nitrogens with one attached hydrogen (secondary N) is 1. The molecule has 1 heterocycles. The van der Waals surface area contributed by atoms with Gasteiger partial charge in [-0.05, 0) is 25.1 Å². The highest BCUT2D eigenvalue weighted by molar-refractivity contribution is 7.07. The molecule has 0 saturated carbocycles. The topological polar surface area (TPSA) is 34.1 Å². The molecule has 2 aromatic rings. The standard InChI is InChI=1S/C12H13ClN2OS/c1-2-16-12-4-3-9(5-11(12)13)14-6-10-7-17-8-15-10/h3-5,7-8,14H,2,6H2,1H3. The molecule has 0 aliphatic rings. The first-order valence-electron chi connectivity index (χ1n) is 5.33. The van der Waals surface area contributed by atoms with Crippen molar-refractivity contribution in [3.63, 3.8) is 0 Å². The lowest BCUT2D eigenvalue weighted by atomic mass is 10.3. The van der Waals surface area contributed by atoms with Crippen LogP contribution in [0, 0.1) is 0 Å². The number of ether oxygens (including phenoxy) is 1. The molecule has 0 amide bonds. The Bertz CT molecular complexity index is 473. The molecular weight excluding hydrogens is 256 g/mol. The van der Waals surface area contributed by atoms with Crippen molar-refractivity contribution in [1.29, 1.82) is 0 Å². The highest BCUT2D eigenvalue weighted by atomic mass is 35.5. The average Bonchev–Trinajstić information content (AvgIpc) is 2.83. The fraction of sp³-hybridized carbons (Fsp3) is 0.250. The molecule has 0 atom stereocenters. The van der Waals surface area contributed by atoms with Gasteiger partial charge < -0.3 is 10.1 Å². The van der Waals surface area contributed by atoms with Crippen LogP contribution in [-0.2, 0) is 6.54 Å². The van der Waals surface area contributed by atoms with E-state index in [9.17, 15) is 0 Å². The van der Waals surface area contributed by atoms with Gasteiger partial charge >= 0.3 is 0 Å². The van der Waals surface area contributed by atoms with E-state index >= 15 is 0 Å². The Morgan fingerprint density at radius 3 is 3.00 bits per heavy atom. The van der Waals surface area contributed by atoms with Gasteiger partial charge in [-0.3, -0.25) is 0 Å². The van der Waals surface area contributed by atoms with Crippen LogP contribution >= 0.6 is 22.9 Å². The van der Waals surface area contributed by atoms with Gasteiger partial charge in [0, 0.05) is 11.1 Å². The molecule has 1 aromatic carbocycles. The number of hydrogen-bond acceptors (Lipinski definition) is 4. The SMILES string of the molecule is CCOc1ccc(NCc2cscn2)cc1Cl. The smallest absolute Gasteiger partial charge is 0.138 e. The van der Waals surface area contributed by atoms with Crippen molar-refractivity contribution in [1.82, 2.24) is 4.98 Å². The van der Waals surface area contributed by atoms with Crippen molar-refractivity contribution in [2.24, 2.45) is 0 Å². The maximum absolute atomic E-state index is 6.09. The van der Waals surface area contributed by atoms with Crippen LogP contribution in [0.2, 0.25) is 5.02 Å². The summed E-state index contributed by atoms with van der Waals surface area (Å²) in [5.41, 5.74) is 3.81. The first-order valence-corrected chi connectivity index (χ1v) is 6.65. The van der Waals surface area contributed by atoms with Crippen LogP contribution in [0.25, 0.3) is 0 Å². The third-order valence-electron chi connectivity index (χ3n) is 2.19. The van der Waals surface area contributed by atoms with Crippen molar-refractivity contribution < 1.29 is 4.74 Å². The summed E-state index contributed by atoms with van der Waals surface area (Å²) in [4.78, 5) is 4.20. The summed E-state index contributed by atoms with van der Waals surface area (Å²) >= 11 is 7.68. The van der Waals surface area contributed by atoms with Crippen molar-refractivity contribution in [2.75, 3.05) is 11.9 Å². The molecule has 1 aromatic heterocycles. The molecule has 0 bridgehead atoms. The van der Waals surface area contributed by atoms with Crippen molar-refractivity contribution in [2.45, 2.75) is 13.5 Å². The highest BCUT2D eigenvalue weighted by Crippen LogP contribution is 2.27. The lowest BCUT2D eigenvalue weighted by Gasteiger charge is -2.09. The second kappa shape index (κ2) is 5.89. The zero-order chi connectivity index (χ0) is 12.1. The molecule has 2 rings (SSSR count). The molecule has 0 aliphatic heterocycles. The maximum Gasteiger partial charge on any atom is 0.138 e. The Hall–Kier alpha value is -1.26. The number of thiazole rings is 1. The van der Waals surface area contributed by atoms with E-state index in [0.717, 1.165) is 11.4 Å². The molecule has 90 valence electrons. The third-order valence-corrected chi connectivity index (χ3v) is 3.12. The molecular formula is C12H13ClN2OS. The van der Waals surface area contributed by atoms with Gasteiger partial charge in [-0.25, -0.2) is 4.98 Å². The summed E-state index contributed by atoms with van der Waals surface area (Å²) in [6, 6.07) is 5.68. The predicted octanol–water partition coefficient (Wildman–Crippen LogP) is 3.81. The van der Waals surface area contributed by atoms with Gasteiger partial charge in [-0.2, -0.15) is 0 Å². The zero-order valence-electron chi connectivity index (χ0n) is 9.44. The van der Waals surface area contributed by atoms with Crippen LogP contribution in [-0.4, -0.2) is 11.6 Å². The predicted molar refractivity (Wildman–Crippen MR) is 72.1 cm³/mol. The number of halogens is 1. The monoisotopic (exact) mass is 268 g/mol. The Labute approximate surface area is 109 Å². The molecule has 0 unspecified atom stereocenters. The van der Waals surface area contributed by atoms with Crippen LogP contribution < -0.4 is 10.1 Å². The Morgan fingerprint density at radius 1 is 1.47 bits per heavy atom. The normalized spacial score (nSPS) is 10.2. The van der Waals surface area contributed by atoms with E-state index in [-0.39, 0.29) is 0 Å². The van der Waals surface area contributed by atoms with Gasteiger partial charge in [0.15, 0.2) is 0 Å². The molecule has 17 heavy (non-hydrogen) atoms. The van der Waals surface area contributed by atoms with Crippen LogP contribution in [0.5, 0.6) is 5.75 Å². The number of aromatic nitrogens is 1. The fourth-order valence-electron chi connectivity index (χ4n) is 1.40. The molecule has 0 fully saturated rings. The lowest BCUT2D eigenvalue weighted by Crippen LogP contribution is -2.00. The molecule has 0 aliphatic carbocycles. The van der Waals surface area contributed by atoms with E-state index in [1.54, 1.807) is 11.3 Å². The van der Waals surface area contributed by atoms with Crippen LogP contribution in [0.3, 0.4) is 0 Å². The minimum Gasteiger partial charge on any atom is -0.492 e. The molecule has 1 N–H and O–H groups in total. The summed E-state index contributed by atoms with van der Waals surface area (Å²) in [6.07, 6.45) is 0. The second-order valence-corrected chi connectivity index (χ2v) is 4.54. The highest BCUT2D eigenvalue weighted by Gasteiger charge is 2.02. The summed E-state index contributed by atoms with van der Waals surface area (Å²) < 4.78 is 5.37. The quantitative estimate of drug-likeness (QED) is 0.895. The van der Waals surface area contributed by atoms with Crippen LogP contribution in [0.1, 0.15) is 12.6 Å². The summed E-state index contributed by atoms with van der Waals surface area (Å²) in [6.45, 7) is 3.25. The lowest BCUT2D eigenvalue weighted by molar-refractivity contribution is 0.340. The summed E-state index contributed by atoms with van der Waals surface area (Å²) in [7, 11) is 0. The van der Waals surface area contributed by atoms with E-state index in [1.165, 1.54) is 0 Å². The van der Waals surface area contributed by atoms with Crippen molar-refractivity contribution >= 4 is 28.6 Å². The summed E-state index contributed by atoms with van der Waals surface area (Å²) in [5.74, 6) is 0.716. The number of hydrogen-bond donors (Lipinski definition) is 1. The van der Waals surface area contributed by atoms with Gasteiger partial charge in [0.25, 0.3) is 0 Å². The Kier molecular flexibility index (Phi) is 4.23. The van der Waals surface area contributed by atoms with E-state index in [2.05, 4.69) is 10.3 Å². The molecule has 0 spiro atoms. The van der Waals surface area contributed by atoms with E-state index in [0.29, 0.717) is 23.9 Å². The third kappa shape index (κ3) is 3.35. The van der Waals surface area contributed by atoms with E-state index < -0.39 is 0 Å². The molecule has 3 nitrogen and oxygen atoms in total. The van der Waals surface area contributed by atoms with Crippen molar-refractivity contribution in [3.05, 3.63) is 39.8 Å². The fourth-order valence-corrected chi connectivity index (χ4v) is 2.19. The Balaban J connectivity index is 2.00. The van der Waals surface area contributed by atoms with Gasteiger partial charge in [-0.15, -0.1) is 11.3 Å². The largest absolute Gasteiger partial charge is 0.492 e. The van der Waals surface area contributed by atoms with Crippen LogP contribution in [0.4, 0.5) is 5.69 Å². The van der Waals surface area contributed by atoms with Gasteiger partial charge in [0.05, 0.1) is 29.4 Å². The Morgan fingerprint density at radius 2 is 2.35 bits per heavy atom. The minimum absolute atomic E-state index is 0.616. The van der Waals surface area contributed by atoms with Crippen LogP contribution in [0.15, 0.2) is 29.1 Å². The van der Waals surface area contributed by atoms with E-state index in [4.69, 9.17) is 16.3 Å². The number of nitrogens with zero attached hydrogens (tertiary/aromatic N) is 1. The van der Waals surface area contributed by atoms with Gasteiger partial charge in [-0.1, -0.05) is 11.6 Å². The molecule has 5 heteroatoms. The first-order chi connectivity index (χ1) is 8.29. The zero-order valence-corrected chi connectivity index (χ0v) is 11.0. The minimum atomic E-state index is 0.616. The molecule has 0 saturated heterocycles. The number of anilines is 1. The van der Waals surface area contributed by atoms with Gasteiger partial charge in [0.2, 0.25) is 0 Å². The summed E-state index contributed by atoms with van der Waals surface area (Å²) in [5, 5.41) is 5.90. The molecule has 0 radical (unpaired) electrons. The van der Waals surface area contributed by atoms with Gasteiger partial charge in [0.1, 0.15) is 5.75 Å². The van der Waals surface area contributed by atoms with Crippen molar-refractivity contribution in [3.8, 4) is 5.75 Å². The average molecular weight is 269 g/mol. The maximum atomic E-state index is 6.09. The second-order valence-electron chi connectivity index (χ2n) is 3.41. The first kappa shape index (κ1) is 12.2. The number of rotatable bonds is 5. The number of benzene rings is 1.